The summed E-state index contributed by atoms with van der Waals surface area (Å²) in [5.74, 6) is 0.742. The first-order chi connectivity index (χ1) is 7.93. The van der Waals surface area contributed by atoms with Crippen LogP contribution in [0.4, 0.5) is 0 Å². The quantitative estimate of drug-likeness (QED) is 0.832. The van der Waals surface area contributed by atoms with E-state index >= 15 is 0 Å². The SMILES string of the molecule is CC(C)c1cccc(C(C)C)c1CCC(N)=O. The van der Waals surface area contributed by atoms with Crippen molar-refractivity contribution in [2.75, 3.05) is 0 Å². The van der Waals surface area contributed by atoms with Crippen LogP contribution in [0.15, 0.2) is 18.2 Å². The Morgan fingerprint density at radius 3 is 1.94 bits per heavy atom. The number of hydrogen-bond donors (Lipinski definition) is 1. The van der Waals surface area contributed by atoms with Gasteiger partial charge in [0.1, 0.15) is 0 Å². The molecule has 0 unspecified atom stereocenters. The molecule has 2 N–H and O–H groups in total. The number of amides is 1. The molecular weight excluding hydrogens is 210 g/mol. The molecule has 0 aliphatic carbocycles. The summed E-state index contributed by atoms with van der Waals surface area (Å²) in [7, 11) is 0. The molecule has 17 heavy (non-hydrogen) atoms. The number of benzene rings is 1. The zero-order chi connectivity index (χ0) is 13.0. The van der Waals surface area contributed by atoms with Gasteiger partial charge in [0.05, 0.1) is 0 Å². The summed E-state index contributed by atoms with van der Waals surface area (Å²) in [4.78, 5) is 11.0. The fourth-order valence-electron chi connectivity index (χ4n) is 2.24. The Morgan fingerprint density at radius 1 is 1.12 bits per heavy atom. The Labute approximate surface area is 104 Å². The van der Waals surface area contributed by atoms with E-state index in [2.05, 4.69) is 45.9 Å². The Balaban J connectivity index is 3.14. The zero-order valence-corrected chi connectivity index (χ0v) is 11.3. The highest BCUT2D eigenvalue weighted by Gasteiger charge is 2.13. The minimum absolute atomic E-state index is 0.224. The van der Waals surface area contributed by atoms with Gasteiger partial charge in [-0.25, -0.2) is 0 Å². The van der Waals surface area contributed by atoms with Crippen LogP contribution < -0.4 is 5.73 Å². The molecule has 0 aliphatic heterocycles. The monoisotopic (exact) mass is 233 g/mol. The lowest BCUT2D eigenvalue weighted by Gasteiger charge is -2.19. The highest BCUT2D eigenvalue weighted by Crippen LogP contribution is 2.28. The number of carbonyl (C=O) groups is 1. The highest BCUT2D eigenvalue weighted by molar-refractivity contribution is 5.74. The van der Waals surface area contributed by atoms with Crippen LogP contribution in [0.25, 0.3) is 0 Å². The van der Waals surface area contributed by atoms with E-state index in [1.807, 2.05) is 0 Å². The fourth-order valence-corrected chi connectivity index (χ4v) is 2.24. The van der Waals surface area contributed by atoms with Crippen molar-refractivity contribution < 1.29 is 4.79 Å². The van der Waals surface area contributed by atoms with Gasteiger partial charge in [0, 0.05) is 6.42 Å². The van der Waals surface area contributed by atoms with E-state index in [4.69, 9.17) is 5.73 Å². The first-order valence-electron chi connectivity index (χ1n) is 6.33. The van der Waals surface area contributed by atoms with Crippen LogP contribution in [-0.4, -0.2) is 5.91 Å². The number of nitrogens with two attached hydrogens (primary N) is 1. The lowest BCUT2D eigenvalue weighted by molar-refractivity contribution is -0.117. The Hall–Kier alpha value is -1.31. The number of rotatable bonds is 5. The summed E-state index contributed by atoms with van der Waals surface area (Å²) in [6.45, 7) is 8.75. The van der Waals surface area contributed by atoms with E-state index in [-0.39, 0.29) is 5.91 Å². The molecule has 2 heteroatoms. The minimum atomic E-state index is -0.224. The summed E-state index contributed by atoms with van der Waals surface area (Å²) < 4.78 is 0. The van der Waals surface area contributed by atoms with E-state index in [1.54, 1.807) is 0 Å². The smallest absolute Gasteiger partial charge is 0.217 e. The molecule has 0 saturated heterocycles. The second-order valence-electron chi connectivity index (χ2n) is 5.19. The van der Waals surface area contributed by atoms with Crippen molar-refractivity contribution in [1.29, 1.82) is 0 Å². The molecule has 0 aromatic heterocycles. The maximum atomic E-state index is 11.0. The van der Waals surface area contributed by atoms with Crippen molar-refractivity contribution in [3.8, 4) is 0 Å². The lowest BCUT2D eigenvalue weighted by atomic mass is 9.86. The number of carbonyl (C=O) groups excluding carboxylic acids is 1. The fraction of sp³-hybridized carbons (Fsp3) is 0.533. The van der Waals surface area contributed by atoms with Crippen molar-refractivity contribution >= 4 is 5.91 Å². The van der Waals surface area contributed by atoms with Gasteiger partial charge in [-0.15, -0.1) is 0 Å². The van der Waals surface area contributed by atoms with Gasteiger partial charge < -0.3 is 5.73 Å². The van der Waals surface area contributed by atoms with Gasteiger partial charge in [-0.3, -0.25) is 4.79 Å². The maximum Gasteiger partial charge on any atom is 0.217 e. The summed E-state index contributed by atoms with van der Waals surface area (Å²) >= 11 is 0. The average Bonchev–Trinajstić information content (AvgIpc) is 2.25. The minimum Gasteiger partial charge on any atom is -0.370 e. The third-order valence-electron chi connectivity index (χ3n) is 3.11. The second-order valence-corrected chi connectivity index (χ2v) is 5.19. The van der Waals surface area contributed by atoms with Gasteiger partial charge in [-0.1, -0.05) is 45.9 Å². The predicted molar refractivity (Wildman–Crippen MR) is 72.1 cm³/mol. The maximum absolute atomic E-state index is 11.0. The van der Waals surface area contributed by atoms with E-state index in [0.717, 1.165) is 6.42 Å². The molecule has 0 radical (unpaired) electrons. The zero-order valence-electron chi connectivity index (χ0n) is 11.3. The molecule has 0 atom stereocenters. The molecule has 0 aliphatic rings. The predicted octanol–water partition coefficient (Wildman–Crippen LogP) is 3.35. The van der Waals surface area contributed by atoms with Gasteiger partial charge in [0.15, 0.2) is 0 Å². The Morgan fingerprint density at radius 2 is 1.59 bits per heavy atom. The number of primary amides is 1. The van der Waals surface area contributed by atoms with E-state index in [0.29, 0.717) is 18.3 Å². The normalized spacial score (nSPS) is 11.2. The topological polar surface area (TPSA) is 43.1 Å². The first-order valence-corrected chi connectivity index (χ1v) is 6.33. The molecule has 0 heterocycles. The van der Waals surface area contributed by atoms with Crippen molar-refractivity contribution in [1.82, 2.24) is 0 Å². The standard InChI is InChI=1S/C15H23NO/c1-10(2)12-6-5-7-13(11(3)4)14(12)8-9-15(16)17/h5-7,10-11H,8-9H2,1-4H3,(H2,16,17). The van der Waals surface area contributed by atoms with Crippen LogP contribution in [0.5, 0.6) is 0 Å². The molecule has 2 nitrogen and oxygen atoms in total. The van der Waals surface area contributed by atoms with Gasteiger partial charge in [-0.05, 0) is 34.9 Å². The summed E-state index contributed by atoms with van der Waals surface area (Å²) in [5.41, 5.74) is 9.26. The molecule has 0 bridgehead atoms. The molecule has 0 saturated carbocycles. The van der Waals surface area contributed by atoms with Gasteiger partial charge in [0.2, 0.25) is 5.91 Å². The van der Waals surface area contributed by atoms with E-state index < -0.39 is 0 Å². The summed E-state index contributed by atoms with van der Waals surface area (Å²) in [5, 5.41) is 0. The molecule has 0 fully saturated rings. The third-order valence-corrected chi connectivity index (χ3v) is 3.11. The molecule has 1 aromatic carbocycles. The van der Waals surface area contributed by atoms with Crippen molar-refractivity contribution in [3.05, 3.63) is 34.9 Å². The molecule has 1 aromatic rings. The summed E-state index contributed by atoms with van der Waals surface area (Å²) in [6, 6.07) is 6.43. The van der Waals surface area contributed by atoms with Crippen LogP contribution in [0.2, 0.25) is 0 Å². The van der Waals surface area contributed by atoms with Gasteiger partial charge in [0.25, 0.3) is 0 Å². The van der Waals surface area contributed by atoms with Crippen LogP contribution >= 0.6 is 0 Å². The van der Waals surface area contributed by atoms with E-state index in [1.165, 1.54) is 16.7 Å². The first kappa shape index (κ1) is 13.8. The van der Waals surface area contributed by atoms with Gasteiger partial charge >= 0.3 is 0 Å². The van der Waals surface area contributed by atoms with E-state index in [9.17, 15) is 4.79 Å². The molecule has 1 amide bonds. The lowest BCUT2D eigenvalue weighted by Crippen LogP contribution is -2.13. The second kappa shape index (κ2) is 5.85. The number of hydrogen-bond acceptors (Lipinski definition) is 1. The highest BCUT2D eigenvalue weighted by atomic mass is 16.1. The largest absolute Gasteiger partial charge is 0.370 e. The van der Waals surface area contributed by atoms with Crippen LogP contribution in [-0.2, 0) is 11.2 Å². The summed E-state index contributed by atoms with van der Waals surface area (Å²) in [6.07, 6.45) is 1.20. The van der Waals surface area contributed by atoms with Crippen molar-refractivity contribution in [2.45, 2.75) is 52.4 Å². The molecule has 0 spiro atoms. The van der Waals surface area contributed by atoms with Gasteiger partial charge in [-0.2, -0.15) is 0 Å². The van der Waals surface area contributed by atoms with Crippen LogP contribution in [0.1, 0.15) is 62.6 Å². The van der Waals surface area contributed by atoms with Crippen LogP contribution in [0.3, 0.4) is 0 Å². The average molecular weight is 233 g/mol. The van der Waals surface area contributed by atoms with Crippen molar-refractivity contribution in [2.24, 2.45) is 5.73 Å². The molecule has 94 valence electrons. The Bertz CT molecular complexity index is 368. The molecular formula is C15H23NO. The molecule has 1 rings (SSSR count). The van der Waals surface area contributed by atoms with Crippen LogP contribution in [0, 0.1) is 0 Å². The Kier molecular flexibility index (Phi) is 4.73. The van der Waals surface area contributed by atoms with Crippen molar-refractivity contribution in [3.63, 3.8) is 0 Å². The third kappa shape index (κ3) is 3.58.